The number of halogens is 2. The summed E-state index contributed by atoms with van der Waals surface area (Å²) in [5.74, 6) is -2.19. The van der Waals surface area contributed by atoms with Crippen LogP contribution in [0.5, 0.6) is 0 Å². The molecule has 0 aromatic carbocycles. The van der Waals surface area contributed by atoms with E-state index in [1.807, 2.05) is 0 Å². The van der Waals surface area contributed by atoms with Gasteiger partial charge in [0.05, 0.1) is 11.1 Å². The molecular formula is C21H20F2N4O4S2. The Morgan fingerprint density at radius 2 is 2.03 bits per heavy atom. The Morgan fingerprint density at radius 3 is 2.61 bits per heavy atom. The average Bonchev–Trinajstić information content (AvgIpc) is 3.37. The predicted molar refractivity (Wildman–Crippen MR) is 117 cm³/mol. The van der Waals surface area contributed by atoms with Crippen LogP contribution in [-0.2, 0) is 14.8 Å². The third-order valence-corrected chi connectivity index (χ3v) is 7.33. The first-order valence-electron chi connectivity index (χ1n) is 9.55. The lowest BCUT2D eigenvalue weighted by Crippen LogP contribution is -2.29. The van der Waals surface area contributed by atoms with Crippen molar-refractivity contribution in [1.82, 2.24) is 14.3 Å². The van der Waals surface area contributed by atoms with Gasteiger partial charge in [-0.25, -0.2) is 26.6 Å². The molecule has 174 valence electrons. The molecule has 0 spiro atoms. The number of aromatic nitrogens is 2. The van der Waals surface area contributed by atoms with Crippen molar-refractivity contribution in [3.8, 4) is 17.3 Å². The Bertz CT molecular complexity index is 1350. The normalized spacial score (nSPS) is 12.8. The van der Waals surface area contributed by atoms with Crippen LogP contribution < -0.4 is 5.32 Å². The Balaban J connectivity index is 2.37. The predicted octanol–water partition coefficient (Wildman–Crippen LogP) is 4.44. The van der Waals surface area contributed by atoms with Gasteiger partial charge in [-0.3, -0.25) is 0 Å². The van der Waals surface area contributed by atoms with Crippen LogP contribution in [0, 0.1) is 28.5 Å². The molecule has 0 bridgehead atoms. The van der Waals surface area contributed by atoms with Gasteiger partial charge in [0.25, 0.3) is 10.0 Å². The molecule has 1 N–H and O–H groups in total. The van der Waals surface area contributed by atoms with Gasteiger partial charge >= 0.3 is 6.09 Å². The van der Waals surface area contributed by atoms with Gasteiger partial charge < -0.3 is 10.1 Å². The Morgan fingerprint density at radius 1 is 1.33 bits per heavy atom. The number of nitrogens with zero attached hydrogens (tertiary/aromatic N) is 3. The summed E-state index contributed by atoms with van der Waals surface area (Å²) in [7, 11) is -3.21. The SMILES string of the molecule is CNC(=O)OC(c1cn(S(=O)(=O)c2cscc2C#N)c(-c2cccnc2F)c1F)C(C)(C)C. The molecule has 3 heterocycles. The van der Waals surface area contributed by atoms with Gasteiger partial charge in [0.15, 0.2) is 5.82 Å². The number of carbonyl (C=O) groups is 1. The topological polar surface area (TPSA) is 114 Å². The number of thiophene rings is 1. The average molecular weight is 495 g/mol. The fraction of sp³-hybridized carbons (Fsp3) is 0.286. The van der Waals surface area contributed by atoms with Crippen LogP contribution in [0.15, 0.2) is 40.2 Å². The minimum absolute atomic E-state index is 0.137. The molecule has 0 saturated carbocycles. The summed E-state index contributed by atoms with van der Waals surface area (Å²) in [6.07, 6.45) is -0.00277. The maximum absolute atomic E-state index is 15.9. The van der Waals surface area contributed by atoms with Crippen LogP contribution in [0.2, 0.25) is 0 Å². The molecule has 1 atom stereocenters. The molecule has 0 aliphatic carbocycles. The second-order valence-electron chi connectivity index (χ2n) is 8.05. The molecule has 3 aromatic heterocycles. The number of rotatable bonds is 5. The van der Waals surface area contributed by atoms with Crippen LogP contribution in [-0.4, -0.2) is 30.5 Å². The summed E-state index contributed by atoms with van der Waals surface area (Å²) < 4.78 is 63.4. The van der Waals surface area contributed by atoms with Crippen LogP contribution in [0.4, 0.5) is 13.6 Å². The van der Waals surface area contributed by atoms with E-state index in [0.29, 0.717) is 3.97 Å². The van der Waals surface area contributed by atoms with E-state index in [1.54, 1.807) is 26.8 Å². The Kier molecular flexibility index (Phi) is 6.58. The second kappa shape index (κ2) is 8.92. The van der Waals surface area contributed by atoms with Crippen LogP contribution in [0.25, 0.3) is 11.3 Å². The van der Waals surface area contributed by atoms with Gasteiger partial charge in [-0.15, -0.1) is 11.3 Å². The third kappa shape index (κ3) is 4.46. The van der Waals surface area contributed by atoms with Gasteiger partial charge in [0.2, 0.25) is 5.95 Å². The van der Waals surface area contributed by atoms with E-state index in [9.17, 15) is 22.9 Å². The molecule has 3 aromatic rings. The zero-order chi connectivity index (χ0) is 24.6. The Hall–Kier alpha value is -3.30. The lowest BCUT2D eigenvalue weighted by atomic mass is 9.85. The van der Waals surface area contributed by atoms with E-state index in [4.69, 9.17) is 4.74 Å². The fourth-order valence-electron chi connectivity index (χ4n) is 3.20. The number of nitriles is 1. The highest BCUT2D eigenvalue weighted by molar-refractivity contribution is 7.90. The number of carbonyl (C=O) groups excluding carboxylic acids is 1. The van der Waals surface area contributed by atoms with Crippen molar-refractivity contribution < 1.29 is 26.7 Å². The summed E-state index contributed by atoms with van der Waals surface area (Å²) in [5.41, 5.74) is -2.32. The monoisotopic (exact) mass is 494 g/mol. The van der Waals surface area contributed by atoms with E-state index in [-0.39, 0.29) is 16.0 Å². The molecule has 1 amide bonds. The van der Waals surface area contributed by atoms with Crippen molar-refractivity contribution in [2.75, 3.05) is 7.05 Å². The quantitative estimate of drug-likeness (QED) is 0.525. The molecule has 0 fully saturated rings. The molecule has 12 heteroatoms. The largest absolute Gasteiger partial charge is 0.441 e. The summed E-state index contributed by atoms with van der Waals surface area (Å²) >= 11 is 0.977. The number of pyridine rings is 1. The maximum atomic E-state index is 15.9. The van der Waals surface area contributed by atoms with Crippen LogP contribution >= 0.6 is 11.3 Å². The summed E-state index contributed by atoms with van der Waals surface area (Å²) in [5, 5.41) is 14.1. The lowest BCUT2D eigenvalue weighted by molar-refractivity contribution is 0.0294. The smallest absolute Gasteiger partial charge is 0.407 e. The van der Waals surface area contributed by atoms with Crippen molar-refractivity contribution in [1.29, 1.82) is 5.26 Å². The van der Waals surface area contributed by atoms with Gasteiger partial charge in [-0.1, -0.05) is 20.8 Å². The minimum atomic E-state index is -4.53. The summed E-state index contributed by atoms with van der Waals surface area (Å²) in [6.45, 7) is 5.01. The first kappa shape index (κ1) is 24.3. The molecule has 8 nitrogen and oxygen atoms in total. The van der Waals surface area contributed by atoms with Crippen molar-refractivity contribution in [3.05, 3.63) is 58.2 Å². The Labute approximate surface area is 193 Å². The first-order valence-corrected chi connectivity index (χ1v) is 11.9. The number of nitrogens with one attached hydrogen (secondary N) is 1. The molecule has 0 saturated heterocycles. The first-order chi connectivity index (χ1) is 15.4. The van der Waals surface area contributed by atoms with Gasteiger partial charge in [0, 0.05) is 41.2 Å². The molecule has 1 unspecified atom stereocenters. The van der Waals surface area contributed by atoms with E-state index in [0.717, 1.165) is 23.7 Å². The number of hydrogen-bond acceptors (Lipinski definition) is 7. The molecule has 0 aliphatic rings. The van der Waals surface area contributed by atoms with E-state index in [2.05, 4.69) is 10.3 Å². The third-order valence-electron chi connectivity index (χ3n) is 4.73. The van der Waals surface area contributed by atoms with Gasteiger partial charge in [0.1, 0.15) is 22.8 Å². The summed E-state index contributed by atoms with van der Waals surface area (Å²) in [4.78, 5) is 15.1. The van der Waals surface area contributed by atoms with E-state index < -0.39 is 50.7 Å². The molecular weight excluding hydrogens is 474 g/mol. The van der Waals surface area contributed by atoms with Crippen LogP contribution in [0.1, 0.15) is 38.0 Å². The fourth-order valence-corrected chi connectivity index (χ4v) is 5.83. The van der Waals surface area contributed by atoms with Crippen molar-refractivity contribution >= 4 is 27.5 Å². The second-order valence-corrected chi connectivity index (χ2v) is 10.6. The van der Waals surface area contributed by atoms with Crippen molar-refractivity contribution in [3.63, 3.8) is 0 Å². The number of amides is 1. The lowest BCUT2D eigenvalue weighted by Gasteiger charge is -2.29. The van der Waals surface area contributed by atoms with Gasteiger partial charge in [-0.2, -0.15) is 9.65 Å². The number of hydrogen-bond donors (Lipinski definition) is 1. The standard InChI is InChI=1S/C21H20F2N4O4S2/c1-21(2,3)18(31-20(28)25-4)14-9-27(33(29,30)15-11-32-10-12(15)8-24)17(16(14)22)13-6-5-7-26-19(13)23/h5-7,9-11,18H,1-4H3,(H,25,28). The summed E-state index contributed by atoms with van der Waals surface area (Å²) in [6, 6.07) is 4.29. The van der Waals surface area contributed by atoms with Gasteiger partial charge in [-0.05, 0) is 12.1 Å². The number of ether oxygens (including phenoxy) is 1. The van der Waals surface area contributed by atoms with Crippen molar-refractivity contribution in [2.24, 2.45) is 5.41 Å². The maximum Gasteiger partial charge on any atom is 0.407 e. The minimum Gasteiger partial charge on any atom is -0.441 e. The molecule has 0 aliphatic heterocycles. The zero-order valence-electron chi connectivity index (χ0n) is 18.1. The molecule has 0 radical (unpaired) electrons. The van der Waals surface area contributed by atoms with E-state index >= 15 is 4.39 Å². The molecule has 3 rings (SSSR count). The highest BCUT2D eigenvalue weighted by atomic mass is 32.2. The zero-order valence-corrected chi connectivity index (χ0v) is 19.7. The highest BCUT2D eigenvalue weighted by Crippen LogP contribution is 2.42. The number of alkyl carbamates (subject to hydrolysis) is 1. The van der Waals surface area contributed by atoms with Crippen LogP contribution in [0.3, 0.4) is 0 Å². The van der Waals surface area contributed by atoms with Crippen molar-refractivity contribution in [2.45, 2.75) is 31.8 Å². The molecule has 33 heavy (non-hydrogen) atoms. The van der Waals surface area contributed by atoms with E-state index in [1.165, 1.54) is 29.9 Å². The highest BCUT2D eigenvalue weighted by Gasteiger charge is 2.38.